The van der Waals surface area contributed by atoms with Crippen molar-refractivity contribution in [3.63, 3.8) is 0 Å². The summed E-state index contributed by atoms with van der Waals surface area (Å²) in [5.74, 6) is -9.15. The van der Waals surface area contributed by atoms with Gasteiger partial charge in [-0.15, -0.1) is 0 Å². The molecule has 0 saturated carbocycles. The van der Waals surface area contributed by atoms with Gasteiger partial charge in [0.1, 0.15) is 11.7 Å². The molecule has 0 saturated heterocycles. The first kappa shape index (κ1) is 33.4. The first-order valence-electron chi connectivity index (χ1n) is 10.8. The standard InChI is InChI=1S/C24H19Cl3F9NOS/c1-11(9-39-10-22(2,29)30)37-21(38)14-4-3-12(5-16(14)24(34,35)36)19(28)8-15(23(31,32)33)13-6-17(25)20(27)18(26)7-13/h3-8,11,15H,9-10H2,1-2H3,(H,37,38)/b19-8-. The van der Waals surface area contributed by atoms with E-state index in [1.165, 1.54) is 6.92 Å². The number of carbonyl (C=O) groups excluding carboxylic acids is 1. The Labute approximate surface area is 236 Å². The van der Waals surface area contributed by atoms with Gasteiger partial charge in [-0.2, -0.15) is 38.1 Å². The number of benzene rings is 2. The van der Waals surface area contributed by atoms with Crippen molar-refractivity contribution in [2.75, 3.05) is 11.5 Å². The summed E-state index contributed by atoms with van der Waals surface area (Å²) in [6.45, 7) is 2.07. The van der Waals surface area contributed by atoms with Crippen LogP contribution >= 0.6 is 46.6 Å². The third-order valence-corrected chi connectivity index (χ3v) is 7.62. The molecule has 15 heteroatoms. The Morgan fingerprint density at radius 3 is 2.05 bits per heavy atom. The van der Waals surface area contributed by atoms with Crippen molar-refractivity contribution in [3.8, 4) is 0 Å². The van der Waals surface area contributed by atoms with E-state index in [9.17, 15) is 44.3 Å². The number of alkyl halides is 8. The average molecular weight is 647 g/mol. The lowest BCUT2D eigenvalue weighted by atomic mass is 9.95. The number of nitrogens with one attached hydrogen (secondary N) is 1. The van der Waals surface area contributed by atoms with Crippen molar-refractivity contribution in [2.24, 2.45) is 0 Å². The molecule has 2 rings (SSSR count). The Kier molecular flexibility index (Phi) is 11.0. The van der Waals surface area contributed by atoms with Gasteiger partial charge in [-0.1, -0.05) is 40.9 Å². The lowest BCUT2D eigenvalue weighted by molar-refractivity contribution is -0.140. The summed E-state index contributed by atoms with van der Waals surface area (Å²) < 4.78 is 123. The Hall–Kier alpha value is -1.76. The van der Waals surface area contributed by atoms with Gasteiger partial charge in [0.25, 0.3) is 11.8 Å². The highest BCUT2D eigenvalue weighted by atomic mass is 35.5. The maximum atomic E-state index is 15.0. The van der Waals surface area contributed by atoms with Crippen LogP contribution < -0.4 is 5.32 Å². The van der Waals surface area contributed by atoms with Crippen LogP contribution in [0.4, 0.5) is 39.5 Å². The molecule has 0 spiro atoms. The molecule has 0 radical (unpaired) electrons. The molecule has 0 heterocycles. The fraction of sp³-hybridized carbons (Fsp3) is 0.375. The summed E-state index contributed by atoms with van der Waals surface area (Å²) in [4.78, 5) is 12.5. The first-order chi connectivity index (χ1) is 17.7. The molecule has 2 nitrogen and oxygen atoms in total. The van der Waals surface area contributed by atoms with Gasteiger partial charge in [-0.3, -0.25) is 4.79 Å². The largest absolute Gasteiger partial charge is 0.417 e. The SMILES string of the molecule is CC(CSCC(C)(F)F)NC(=O)c1ccc(/C(F)=C/C(c2cc(Cl)c(Cl)c(Cl)c2)C(F)(F)F)cc1C(F)(F)F. The third-order valence-electron chi connectivity index (χ3n) is 4.98. The number of hydrogen-bond donors (Lipinski definition) is 1. The monoisotopic (exact) mass is 645 g/mol. The fourth-order valence-corrected chi connectivity index (χ4v) is 4.79. The minimum absolute atomic E-state index is 0.0382. The van der Waals surface area contributed by atoms with Gasteiger partial charge in [0.2, 0.25) is 0 Å². The van der Waals surface area contributed by atoms with Crippen LogP contribution in [0.5, 0.6) is 0 Å². The number of hydrogen-bond acceptors (Lipinski definition) is 2. The molecule has 2 aromatic rings. The molecule has 0 fully saturated rings. The molecule has 0 aliphatic rings. The van der Waals surface area contributed by atoms with Crippen molar-refractivity contribution in [3.05, 3.63) is 73.7 Å². The quantitative estimate of drug-likeness (QED) is 0.217. The van der Waals surface area contributed by atoms with Crippen molar-refractivity contribution < 1.29 is 44.3 Å². The van der Waals surface area contributed by atoms with E-state index >= 15 is 0 Å². The molecule has 216 valence electrons. The predicted octanol–water partition coefficient (Wildman–Crippen LogP) is 9.83. The molecule has 1 N–H and O–H groups in total. The van der Waals surface area contributed by atoms with Gasteiger partial charge in [0.05, 0.1) is 31.9 Å². The number of allylic oxidation sites excluding steroid dienone is 1. The summed E-state index contributed by atoms with van der Waals surface area (Å²) in [6, 6.07) is 2.31. The van der Waals surface area contributed by atoms with Gasteiger partial charge in [0, 0.05) is 24.3 Å². The van der Waals surface area contributed by atoms with Crippen LogP contribution in [0.25, 0.3) is 5.83 Å². The van der Waals surface area contributed by atoms with Gasteiger partial charge in [-0.05, 0) is 42.8 Å². The van der Waals surface area contributed by atoms with E-state index < -0.39 is 70.0 Å². The second-order valence-electron chi connectivity index (χ2n) is 8.55. The van der Waals surface area contributed by atoms with E-state index in [1.807, 2.05) is 0 Å². The van der Waals surface area contributed by atoms with Gasteiger partial charge < -0.3 is 5.32 Å². The van der Waals surface area contributed by atoms with Crippen LogP contribution in [0.1, 0.15) is 46.8 Å². The lowest BCUT2D eigenvalue weighted by Gasteiger charge is -2.20. The Morgan fingerprint density at radius 2 is 1.56 bits per heavy atom. The highest BCUT2D eigenvalue weighted by molar-refractivity contribution is 7.99. The van der Waals surface area contributed by atoms with E-state index in [-0.39, 0.29) is 33.0 Å². The summed E-state index contributed by atoms with van der Waals surface area (Å²) in [7, 11) is 0. The maximum absolute atomic E-state index is 15.0. The minimum atomic E-state index is -5.19. The molecule has 2 unspecified atom stereocenters. The highest BCUT2D eigenvalue weighted by Gasteiger charge is 2.41. The lowest BCUT2D eigenvalue weighted by Crippen LogP contribution is -2.36. The Balaban J connectivity index is 2.42. The third kappa shape index (κ3) is 9.68. The van der Waals surface area contributed by atoms with Gasteiger partial charge >= 0.3 is 12.4 Å². The van der Waals surface area contributed by atoms with Crippen LogP contribution in [0.2, 0.25) is 15.1 Å². The number of rotatable bonds is 9. The van der Waals surface area contributed by atoms with E-state index in [0.717, 1.165) is 23.9 Å². The predicted molar refractivity (Wildman–Crippen MR) is 136 cm³/mol. The maximum Gasteiger partial charge on any atom is 0.417 e. The Morgan fingerprint density at radius 1 is 1.00 bits per heavy atom. The van der Waals surface area contributed by atoms with Crippen LogP contribution in [0, 0.1) is 0 Å². The Bertz CT molecular complexity index is 1200. The molecule has 39 heavy (non-hydrogen) atoms. The average Bonchev–Trinajstić information content (AvgIpc) is 2.77. The number of thioether (sulfide) groups is 1. The van der Waals surface area contributed by atoms with Crippen molar-refractivity contribution in [1.82, 2.24) is 5.32 Å². The molecule has 0 aliphatic heterocycles. The summed E-state index contributed by atoms with van der Waals surface area (Å²) in [6.07, 6.45) is -10.2. The van der Waals surface area contributed by atoms with E-state index in [1.54, 1.807) is 0 Å². The number of amides is 1. The van der Waals surface area contributed by atoms with Crippen LogP contribution in [0.15, 0.2) is 36.4 Å². The second-order valence-corrected chi connectivity index (χ2v) is 10.8. The van der Waals surface area contributed by atoms with Gasteiger partial charge in [0.15, 0.2) is 0 Å². The summed E-state index contributed by atoms with van der Waals surface area (Å²) in [5, 5.41) is 1.28. The summed E-state index contributed by atoms with van der Waals surface area (Å²) in [5.41, 5.74) is -4.03. The van der Waals surface area contributed by atoms with Crippen LogP contribution in [0.3, 0.4) is 0 Å². The zero-order valence-electron chi connectivity index (χ0n) is 19.9. The molecule has 0 aliphatic carbocycles. The zero-order chi connectivity index (χ0) is 29.9. The second kappa shape index (κ2) is 12.8. The van der Waals surface area contributed by atoms with Crippen molar-refractivity contribution >= 4 is 58.3 Å². The number of carbonyl (C=O) groups is 1. The van der Waals surface area contributed by atoms with E-state index in [0.29, 0.717) is 19.1 Å². The normalized spacial score (nSPS) is 14.8. The van der Waals surface area contributed by atoms with Crippen molar-refractivity contribution in [1.29, 1.82) is 0 Å². The molecule has 2 atom stereocenters. The van der Waals surface area contributed by atoms with Crippen molar-refractivity contribution in [2.45, 2.75) is 44.1 Å². The van der Waals surface area contributed by atoms with E-state index in [2.05, 4.69) is 5.32 Å². The minimum Gasteiger partial charge on any atom is -0.349 e. The van der Waals surface area contributed by atoms with Gasteiger partial charge in [-0.25, -0.2) is 13.2 Å². The molecular weight excluding hydrogens is 628 g/mol. The summed E-state index contributed by atoms with van der Waals surface area (Å²) >= 11 is 18.1. The molecular formula is C24H19Cl3F9NOS. The van der Waals surface area contributed by atoms with Crippen LogP contribution in [-0.2, 0) is 6.18 Å². The molecule has 0 aromatic heterocycles. The van der Waals surface area contributed by atoms with E-state index in [4.69, 9.17) is 34.8 Å². The first-order valence-corrected chi connectivity index (χ1v) is 13.1. The topological polar surface area (TPSA) is 29.1 Å². The molecule has 1 amide bonds. The highest BCUT2D eigenvalue weighted by Crippen LogP contribution is 2.43. The smallest absolute Gasteiger partial charge is 0.349 e. The van der Waals surface area contributed by atoms with Crippen LogP contribution in [-0.4, -0.2) is 35.6 Å². The zero-order valence-corrected chi connectivity index (χ0v) is 23.0. The molecule has 2 aromatic carbocycles. The fourth-order valence-electron chi connectivity index (χ4n) is 3.26. The molecule has 0 bridgehead atoms. The number of halogens is 12.